The molecule has 2 heterocycles. The van der Waals surface area contributed by atoms with Crippen LogP contribution in [0.1, 0.15) is 37.4 Å². The molecule has 1 fully saturated rings. The van der Waals surface area contributed by atoms with Crippen molar-refractivity contribution in [3.63, 3.8) is 0 Å². The summed E-state index contributed by atoms with van der Waals surface area (Å²) in [5, 5.41) is 1.02. The van der Waals surface area contributed by atoms with Crippen molar-refractivity contribution < 1.29 is 9.53 Å². The van der Waals surface area contributed by atoms with Crippen LogP contribution in [0.5, 0.6) is 5.75 Å². The highest BCUT2D eigenvalue weighted by atomic mass is 32.2. The largest absolute Gasteiger partial charge is 0.486 e. The number of Topliss-reactive ketones (excluding diaryl/α,β-unsaturated/α-hetero) is 1. The van der Waals surface area contributed by atoms with E-state index in [1.165, 1.54) is 11.3 Å². The molecule has 1 aliphatic heterocycles. The fraction of sp³-hybridized carbons (Fsp3) is 0.667. The SMILES string of the molecule is CC(C)Oc1c(N2CCSCC2)sc(C(=O)C(C)C)c1N. The topological polar surface area (TPSA) is 55.6 Å². The number of hydrogen-bond donors (Lipinski definition) is 1. The predicted molar refractivity (Wildman–Crippen MR) is 93.2 cm³/mol. The van der Waals surface area contributed by atoms with Gasteiger partial charge in [-0.1, -0.05) is 13.8 Å². The quantitative estimate of drug-likeness (QED) is 0.838. The Morgan fingerprint density at radius 3 is 2.38 bits per heavy atom. The van der Waals surface area contributed by atoms with Crippen molar-refractivity contribution in [1.82, 2.24) is 0 Å². The van der Waals surface area contributed by atoms with Gasteiger partial charge < -0.3 is 15.4 Å². The van der Waals surface area contributed by atoms with Crippen LogP contribution < -0.4 is 15.4 Å². The average Bonchev–Trinajstić information content (AvgIpc) is 2.76. The molecule has 6 heteroatoms. The second-order valence-electron chi connectivity index (χ2n) is 5.76. The Hall–Kier alpha value is -0.880. The molecule has 0 atom stereocenters. The first-order chi connectivity index (χ1) is 9.91. The van der Waals surface area contributed by atoms with Crippen molar-refractivity contribution >= 4 is 39.6 Å². The number of hydrogen-bond acceptors (Lipinski definition) is 6. The smallest absolute Gasteiger partial charge is 0.177 e. The first-order valence-electron chi connectivity index (χ1n) is 7.37. The van der Waals surface area contributed by atoms with E-state index < -0.39 is 0 Å². The summed E-state index contributed by atoms with van der Waals surface area (Å²) in [6.07, 6.45) is 0.0433. The van der Waals surface area contributed by atoms with Gasteiger partial charge in [-0.25, -0.2) is 0 Å². The summed E-state index contributed by atoms with van der Waals surface area (Å²) in [7, 11) is 0. The third-order valence-corrected chi connectivity index (χ3v) is 5.49. The van der Waals surface area contributed by atoms with E-state index in [4.69, 9.17) is 10.5 Å². The Balaban J connectivity index is 2.41. The highest BCUT2D eigenvalue weighted by molar-refractivity contribution is 7.99. The van der Waals surface area contributed by atoms with Gasteiger partial charge in [0.05, 0.1) is 16.7 Å². The van der Waals surface area contributed by atoms with E-state index in [1.54, 1.807) is 0 Å². The second-order valence-corrected chi connectivity index (χ2v) is 7.99. The lowest BCUT2D eigenvalue weighted by Gasteiger charge is -2.28. The van der Waals surface area contributed by atoms with Gasteiger partial charge in [0.1, 0.15) is 5.00 Å². The summed E-state index contributed by atoms with van der Waals surface area (Å²) in [6.45, 7) is 9.74. The van der Waals surface area contributed by atoms with E-state index in [1.807, 2.05) is 39.5 Å². The molecule has 1 aliphatic rings. The zero-order chi connectivity index (χ0) is 15.6. The Morgan fingerprint density at radius 2 is 1.86 bits per heavy atom. The summed E-state index contributed by atoms with van der Waals surface area (Å²) in [5.74, 6) is 2.95. The van der Waals surface area contributed by atoms with Gasteiger partial charge in [0.15, 0.2) is 11.5 Å². The van der Waals surface area contributed by atoms with Crippen molar-refractivity contribution in [3.05, 3.63) is 4.88 Å². The van der Waals surface area contributed by atoms with Crippen molar-refractivity contribution in [3.8, 4) is 5.75 Å². The predicted octanol–water partition coefficient (Wildman–Crippen LogP) is 3.51. The van der Waals surface area contributed by atoms with Crippen molar-refractivity contribution in [2.75, 3.05) is 35.2 Å². The first-order valence-corrected chi connectivity index (χ1v) is 9.34. The summed E-state index contributed by atoms with van der Waals surface area (Å²) in [4.78, 5) is 15.3. The van der Waals surface area contributed by atoms with Crippen LogP contribution in [0.25, 0.3) is 0 Å². The molecule has 0 aromatic carbocycles. The van der Waals surface area contributed by atoms with Crippen LogP contribution in [-0.2, 0) is 0 Å². The molecule has 0 spiro atoms. The van der Waals surface area contributed by atoms with Gasteiger partial charge in [-0.05, 0) is 13.8 Å². The maximum absolute atomic E-state index is 12.4. The minimum absolute atomic E-state index is 0.0433. The van der Waals surface area contributed by atoms with E-state index in [0.29, 0.717) is 16.3 Å². The number of thiophene rings is 1. The van der Waals surface area contributed by atoms with Crippen LogP contribution in [0.15, 0.2) is 0 Å². The van der Waals surface area contributed by atoms with Gasteiger partial charge >= 0.3 is 0 Å². The van der Waals surface area contributed by atoms with Gasteiger partial charge in [0.2, 0.25) is 0 Å². The number of nitrogen functional groups attached to an aromatic ring is 1. The molecule has 0 radical (unpaired) electrons. The van der Waals surface area contributed by atoms with Gasteiger partial charge in [-0.2, -0.15) is 11.8 Å². The molecule has 1 aromatic heterocycles. The number of thioether (sulfide) groups is 1. The zero-order valence-corrected chi connectivity index (χ0v) is 14.8. The molecule has 1 aromatic rings. The van der Waals surface area contributed by atoms with Crippen molar-refractivity contribution in [2.45, 2.75) is 33.8 Å². The zero-order valence-electron chi connectivity index (χ0n) is 13.1. The van der Waals surface area contributed by atoms with Crippen LogP contribution in [0, 0.1) is 5.92 Å². The summed E-state index contributed by atoms with van der Waals surface area (Å²) < 4.78 is 5.92. The molecule has 1 saturated heterocycles. The third kappa shape index (κ3) is 3.66. The number of ketones is 1. The monoisotopic (exact) mass is 328 g/mol. The molecule has 4 nitrogen and oxygen atoms in total. The molecule has 0 amide bonds. The molecular weight excluding hydrogens is 304 g/mol. The van der Waals surface area contributed by atoms with Gasteiger partial charge in [0.25, 0.3) is 0 Å². The molecule has 0 unspecified atom stereocenters. The van der Waals surface area contributed by atoms with Crippen LogP contribution in [0.3, 0.4) is 0 Å². The second kappa shape index (κ2) is 6.92. The minimum Gasteiger partial charge on any atom is -0.486 e. The van der Waals surface area contributed by atoms with E-state index in [2.05, 4.69) is 4.90 Å². The molecule has 0 bridgehead atoms. The molecular formula is C15H24N2O2S2. The van der Waals surface area contributed by atoms with Gasteiger partial charge in [0, 0.05) is 30.5 Å². The highest BCUT2D eigenvalue weighted by Crippen LogP contribution is 2.46. The maximum Gasteiger partial charge on any atom is 0.177 e. The molecule has 2 N–H and O–H groups in total. The van der Waals surface area contributed by atoms with Crippen LogP contribution in [0.2, 0.25) is 0 Å². The average molecular weight is 329 g/mol. The Bertz CT molecular complexity index is 506. The van der Waals surface area contributed by atoms with E-state index >= 15 is 0 Å². The fourth-order valence-corrected chi connectivity index (χ4v) is 4.38. The number of ether oxygens (including phenoxy) is 1. The lowest BCUT2D eigenvalue weighted by molar-refractivity contribution is 0.0944. The number of nitrogens with zero attached hydrogens (tertiary/aromatic N) is 1. The lowest BCUT2D eigenvalue weighted by atomic mass is 10.1. The normalized spacial score (nSPS) is 15.8. The van der Waals surface area contributed by atoms with Crippen LogP contribution in [-0.4, -0.2) is 36.5 Å². The first kappa shape index (κ1) is 16.5. The molecule has 21 heavy (non-hydrogen) atoms. The fourth-order valence-electron chi connectivity index (χ4n) is 2.19. The summed E-state index contributed by atoms with van der Waals surface area (Å²) >= 11 is 3.45. The van der Waals surface area contributed by atoms with E-state index in [0.717, 1.165) is 29.6 Å². The van der Waals surface area contributed by atoms with E-state index in [-0.39, 0.29) is 17.8 Å². The Labute approximate surface area is 135 Å². The third-order valence-electron chi connectivity index (χ3n) is 3.28. The highest BCUT2D eigenvalue weighted by Gasteiger charge is 2.28. The van der Waals surface area contributed by atoms with Gasteiger partial charge in [-0.3, -0.25) is 4.79 Å². The standard InChI is InChI=1S/C15H24N2O2S2/c1-9(2)12(18)14-11(16)13(19-10(3)4)15(21-14)17-5-7-20-8-6-17/h9-10H,5-8,16H2,1-4H3. The minimum atomic E-state index is -0.0531. The van der Waals surface area contributed by atoms with Crippen molar-refractivity contribution in [2.24, 2.45) is 5.92 Å². The number of nitrogens with two attached hydrogens (primary N) is 1. The van der Waals surface area contributed by atoms with Crippen LogP contribution >= 0.6 is 23.1 Å². The molecule has 118 valence electrons. The molecule has 0 saturated carbocycles. The number of rotatable bonds is 5. The molecule has 0 aliphatic carbocycles. The maximum atomic E-state index is 12.4. The Morgan fingerprint density at radius 1 is 1.24 bits per heavy atom. The number of anilines is 2. The van der Waals surface area contributed by atoms with Crippen LogP contribution in [0.4, 0.5) is 10.7 Å². The lowest BCUT2D eigenvalue weighted by Crippen LogP contribution is -2.32. The summed E-state index contributed by atoms with van der Waals surface area (Å²) in [5.41, 5.74) is 6.74. The number of carbonyl (C=O) groups excluding carboxylic acids is 1. The van der Waals surface area contributed by atoms with E-state index in [9.17, 15) is 4.79 Å². The summed E-state index contributed by atoms with van der Waals surface area (Å²) in [6, 6.07) is 0. The number of carbonyl (C=O) groups is 1. The Kier molecular flexibility index (Phi) is 5.43. The molecule has 2 rings (SSSR count). The van der Waals surface area contributed by atoms with Crippen molar-refractivity contribution in [1.29, 1.82) is 0 Å². The van der Waals surface area contributed by atoms with Gasteiger partial charge in [-0.15, -0.1) is 11.3 Å².